The Bertz CT molecular complexity index is 150. The largest absolute Gasteiger partial charge is 0.327 e. The molecule has 0 aromatic rings. The Balaban J connectivity index is 2.34. The average Bonchev–Trinajstić information content (AvgIpc) is 2.12. The van der Waals surface area contributed by atoms with Crippen molar-refractivity contribution in [3.05, 3.63) is 0 Å². The molecule has 1 rings (SSSR count). The van der Waals surface area contributed by atoms with E-state index in [2.05, 4.69) is 20.1 Å². The zero-order valence-corrected chi connectivity index (χ0v) is 10.6. The first-order valence-corrected chi connectivity index (χ1v) is 7.27. The summed E-state index contributed by atoms with van der Waals surface area (Å²) in [5.41, 5.74) is 6.25. The second kappa shape index (κ2) is 6.02. The summed E-state index contributed by atoms with van der Waals surface area (Å²) in [5, 5.41) is 0. The van der Waals surface area contributed by atoms with Crippen molar-refractivity contribution in [2.24, 2.45) is 23.5 Å². The Morgan fingerprint density at radius 1 is 1.21 bits per heavy atom. The van der Waals surface area contributed by atoms with Gasteiger partial charge >= 0.3 is 0 Å². The zero-order chi connectivity index (χ0) is 10.6. The lowest BCUT2D eigenvalue weighted by Gasteiger charge is -2.35. The fraction of sp³-hybridized carbons (Fsp3) is 1.00. The van der Waals surface area contributed by atoms with E-state index in [1.54, 1.807) is 0 Å². The topological polar surface area (TPSA) is 26.0 Å². The zero-order valence-electron chi connectivity index (χ0n) is 9.83. The van der Waals surface area contributed by atoms with E-state index in [-0.39, 0.29) is 0 Å². The number of nitrogens with two attached hydrogens (primary N) is 1. The van der Waals surface area contributed by atoms with Gasteiger partial charge in [0.2, 0.25) is 0 Å². The Labute approximate surface area is 93.2 Å². The lowest BCUT2D eigenvalue weighted by atomic mass is 9.73. The van der Waals surface area contributed by atoms with Crippen LogP contribution in [0.2, 0.25) is 0 Å². The maximum Gasteiger partial charge on any atom is 0.00752 e. The Morgan fingerprint density at radius 2 is 1.79 bits per heavy atom. The molecule has 0 aliphatic heterocycles. The SMILES string of the molecule is CSCCC(N)C1CC(C)CC(C)C1. The minimum absolute atomic E-state index is 0.452. The van der Waals surface area contributed by atoms with Crippen molar-refractivity contribution in [1.82, 2.24) is 0 Å². The third-order valence-corrected chi connectivity index (χ3v) is 4.12. The minimum Gasteiger partial charge on any atom is -0.327 e. The average molecular weight is 215 g/mol. The van der Waals surface area contributed by atoms with Crippen LogP contribution >= 0.6 is 11.8 Å². The normalized spacial score (nSPS) is 35.6. The fourth-order valence-corrected chi connectivity index (χ4v) is 3.36. The molecule has 1 fully saturated rings. The molecule has 0 saturated heterocycles. The summed E-state index contributed by atoms with van der Waals surface area (Å²) < 4.78 is 0. The van der Waals surface area contributed by atoms with Crippen LogP contribution in [0.4, 0.5) is 0 Å². The number of thioether (sulfide) groups is 1. The third-order valence-electron chi connectivity index (χ3n) is 3.48. The summed E-state index contributed by atoms with van der Waals surface area (Å²) in [7, 11) is 0. The predicted octanol–water partition coefficient (Wildman–Crippen LogP) is 3.14. The molecule has 14 heavy (non-hydrogen) atoms. The van der Waals surface area contributed by atoms with Gasteiger partial charge in [0, 0.05) is 6.04 Å². The highest BCUT2D eigenvalue weighted by molar-refractivity contribution is 7.98. The highest BCUT2D eigenvalue weighted by Gasteiger charge is 2.27. The smallest absolute Gasteiger partial charge is 0.00752 e. The van der Waals surface area contributed by atoms with E-state index in [0.717, 1.165) is 17.8 Å². The van der Waals surface area contributed by atoms with Gasteiger partial charge in [-0.05, 0) is 55.4 Å². The molecule has 0 aromatic carbocycles. The summed E-state index contributed by atoms with van der Waals surface area (Å²) in [4.78, 5) is 0. The molecule has 3 unspecified atom stereocenters. The van der Waals surface area contributed by atoms with Crippen LogP contribution in [0, 0.1) is 17.8 Å². The highest BCUT2D eigenvalue weighted by Crippen LogP contribution is 2.34. The molecule has 0 spiro atoms. The Morgan fingerprint density at radius 3 is 2.29 bits per heavy atom. The van der Waals surface area contributed by atoms with Crippen LogP contribution in [-0.4, -0.2) is 18.1 Å². The van der Waals surface area contributed by atoms with E-state index >= 15 is 0 Å². The summed E-state index contributed by atoms with van der Waals surface area (Å²) in [6.07, 6.45) is 7.50. The molecule has 0 radical (unpaired) electrons. The molecule has 1 aliphatic carbocycles. The molecule has 1 saturated carbocycles. The van der Waals surface area contributed by atoms with Crippen LogP contribution in [0.15, 0.2) is 0 Å². The molecule has 2 heteroatoms. The maximum atomic E-state index is 6.25. The van der Waals surface area contributed by atoms with Gasteiger partial charge in [0.1, 0.15) is 0 Å². The Kier molecular flexibility index (Phi) is 5.32. The standard InChI is InChI=1S/C12H25NS/c1-9-6-10(2)8-11(7-9)12(13)4-5-14-3/h9-12H,4-8,13H2,1-3H3. The molecule has 1 aliphatic rings. The number of hydrogen-bond donors (Lipinski definition) is 1. The van der Waals surface area contributed by atoms with Gasteiger partial charge in [-0.1, -0.05) is 13.8 Å². The van der Waals surface area contributed by atoms with Crippen molar-refractivity contribution in [3.63, 3.8) is 0 Å². The molecule has 0 heterocycles. The monoisotopic (exact) mass is 215 g/mol. The first-order valence-electron chi connectivity index (χ1n) is 5.88. The van der Waals surface area contributed by atoms with Crippen LogP contribution in [0.25, 0.3) is 0 Å². The first-order chi connectivity index (χ1) is 6.63. The summed E-state index contributed by atoms with van der Waals surface area (Å²) in [5.74, 6) is 3.80. The summed E-state index contributed by atoms with van der Waals surface area (Å²) in [6, 6.07) is 0.452. The fourth-order valence-electron chi connectivity index (χ4n) is 2.85. The first kappa shape index (κ1) is 12.4. The van der Waals surface area contributed by atoms with Gasteiger partial charge in [-0.2, -0.15) is 11.8 Å². The van der Waals surface area contributed by atoms with Crippen LogP contribution in [0.5, 0.6) is 0 Å². The molecule has 2 N–H and O–H groups in total. The van der Waals surface area contributed by atoms with Gasteiger partial charge in [0.25, 0.3) is 0 Å². The van der Waals surface area contributed by atoms with Crippen molar-refractivity contribution < 1.29 is 0 Å². The second-order valence-electron chi connectivity index (χ2n) is 5.12. The highest BCUT2D eigenvalue weighted by atomic mass is 32.2. The molecule has 1 nitrogen and oxygen atoms in total. The van der Waals surface area contributed by atoms with Gasteiger partial charge in [0.05, 0.1) is 0 Å². The van der Waals surface area contributed by atoms with Gasteiger partial charge in [-0.15, -0.1) is 0 Å². The van der Waals surface area contributed by atoms with Crippen LogP contribution in [0.1, 0.15) is 39.5 Å². The van der Waals surface area contributed by atoms with Gasteiger partial charge < -0.3 is 5.73 Å². The number of rotatable bonds is 4. The van der Waals surface area contributed by atoms with Gasteiger partial charge in [0.15, 0.2) is 0 Å². The summed E-state index contributed by atoms with van der Waals surface area (Å²) >= 11 is 1.92. The molecule has 3 atom stereocenters. The predicted molar refractivity (Wildman–Crippen MR) is 66.6 cm³/mol. The van der Waals surface area contributed by atoms with Gasteiger partial charge in [-0.25, -0.2) is 0 Å². The van der Waals surface area contributed by atoms with E-state index in [0.29, 0.717) is 6.04 Å². The van der Waals surface area contributed by atoms with Crippen molar-refractivity contribution in [1.29, 1.82) is 0 Å². The summed E-state index contributed by atoms with van der Waals surface area (Å²) in [6.45, 7) is 4.76. The lowest BCUT2D eigenvalue weighted by Crippen LogP contribution is -2.35. The molecule has 0 aromatic heterocycles. The van der Waals surface area contributed by atoms with Crippen molar-refractivity contribution in [2.75, 3.05) is 12.0 Å². The molecule has 0 amide bonds. The number of hydrogen-bond acceptors (Lipinski definition) is 2. The van der Waals surface area contributed by atoms with E-state index in [9.17, 15) is 0 Å². The van der Waals surface area contributed by atoms with Gasteiger partial charge in [-0.3, -0.25) is 0 Å². The van der Waals surface area contributed by atoms with E-state index < -0.39 is 0 Å². The van der Waals surface area contributed by atoms with Crippen molar-refractivity contribution in [3.8, 4) is 0 Å². The van der Waals surface area contributed by atoms with Crippen molar-refractivity contribution in [2.45, 2.75) is 45.6 Å². The van der Waals surface area contributed by atoms with E-state index in [1.165, 1.54) is 31.4 Å². The van der Waals surface area contributed by atoms with E-state index in [1.807, 2.05) is 11.8 Å². The molecular weight excluding hydrogens is 190 g/mol. The van der Waals surface area contributed by atoms with E-state index in [4.69, 9.17) is 5.73 Å². The molecule has 0 bridgehead atoms. The van der Waals surface area contributed by atoms with Crippen LogP contribution < -0.4 is 5.73 Å². The quantitative estimate of drug-likeness (QED) is 0.779. The lowest BCUT2D eigenvalue weighted by molar-refractivity contribution is 0.191. The molecular formula is C12H25NS. The molecule has 84 valence electrons. The van der Waals surface area contributed by atoms with Crippen LogP contribution in [-0.2, 0) is 0 Å². The Hall–Kier alpha value is 0.310. The van der Waals surface area contributed by atoms with Crippen LogP contribution in [0.3, 0.4) is 0 Å². The second-order valence-corrected chi connectivity index (χ2v) is 6.11. The van der Waals surface area contributed by atoms with Crippen molar-refractivity contribution >= 4 is 11.8 Å². The third kappa shape index (κ3) is 3.82. The minimum atomic E-state index is 0.452. The maximum absolute atomic E-state index is 6.25.